The smallest absolute Gasteiger partial charge is 0.157 e. The molecule has 0 aromatic carbocycles. The molecule has 5 heteroatoms. The third-order valence-corrected chi connectivity index (χ3v) is 2.41. The van der Waals surface area contributed by atoms with Crippen LogP contribution in [0, 0.1) is 17.7 Å². The first kappa shape index (κ1) is 10.4. The summed E-state index contributed by atoms with van der Waals surface area (Å²) in [5, 5.41) is 7.50. The van der Waals surface area contributed by atoms with E-state index in [0.717, 1.165) is 11.6 Å². The minimum absolute atomic E-state index is 0.317. The van der Waals surface area contributed by atoms with Crippen LogP contribution in [-0.4, -0.2) is 20.2 Å². The van der Waals surface area contributed by atoms with Gasteiger partial charge in [0.05, 0.1) is 18.0 Å². The van der Waals surface area contributed by atoms with E-state index in [0.29, 0.717) is 16.8 Å². The van der Waals surface area contributed by atoms with Crippen LogP contribution in [0.3, 0.4) is 0 Å². The van der Waals surface area contributed by atoms with Crippen LogP contribution in [0.2, 0.25) is 0 Å². The normalized spacial score (nSPS) is 10.1. The molecule has 3 heterocycles. The van der Waals surface area contributed by atoms with Gasteiger partial charge in [0.15, 0.2) is 11.5 Å². The topological polar surface area (TPSA) is 54.5 Å². The number of hydrogen-bond acceptors (Lipinski definition) is 3. The number of H-pyrrole nitrogens is 1. The van der Waals surface area contributed by atoms with E-state index in [4.69, 9.17) is 0 Å². The Labute approximate surface area is 102 Å². The molecular formula is C13H7FN4. The maximum Gasteiger partial charge on any atom is 0.157 e. The highest BCUT2D eigenvalue weighted by molar-refractivity contribution is 5.75. The third-order valence-electron chi connectivity index (χ3n) is 2.41. The van der Waals surface area contributed by atoms with Gasteiger partial charge in [-0.3, -0.25) is 10.1 Å². The molecule has 0 saturated carbocycles. The Balaban J connectivity index is 2.00. The lowest BCUT2D eigenvalue weighted by Gasteiger charge is -1.92. The van der Waals surface area contributed by atoms with Crippen molar-refractivity contribution in [3.8, 4) is 11.8 Å². The number of rotatable bonds is 0. The van der Waals surface area contributed by atoms with Crippen molar-refractivity contribution in [1.29, 1.82) is 0 Å². The molecule has 0 aliphatic heterocycles. The van der Waals surface area contributed by atoms with Crippen LogP contribution in [0.1, 0.15) is 11.1 Å². The summed E-state index contributed by atoms with van der Waals surface area (Å²) in [7, 11) is 0. The van der Waals surface area contributed by atoms with Crippen molar-refractivity contribution in [3.63, 3.8) is 0 Å². The quantitative estimate of drug-likeness (QED) is 0.608. The fourth-order valence-electron chi connectivity index (χ4n) is 1.52. The number of pyridine rings is 2. The number of aromatic nitrogens is 4. The maximum absolute atomic E-state index is 13.3. The highest BCUT2D eigenvalue weighted by Crippen LogP contribution is 2.09. The molecule has 3 rings (SSSR count). The lowest BCUT2D eigenvalue weighted by Crippen LogP contribution is -1.85. The first-order valence-corrected chi connectivity index (χ1v) is 5.23. The van der Waals surface area contributed by atoms with Crippen LogP contribution < -0.4 is 0 Å². The maximum atomic E-state index is 13.3. The van der Waals surface area contributed by atoms with Crippen molar-refractivity contribution in [2.24, 2.45) is 0 Å². The second-order valence-electron chi connectivity index (χ2n) is 3.64. The zero-order valence-corrected chi connectivity index (χ0v) is 9.18. The van der Waals surface area contributed by atoms with Crippen molar-refractivity contribution in [3.05, 3.63) is 53.9 Å². The SMILES string of the molecule is Fc1cnccc1C#Cc1cnc2[nH]ncc2c1. The molecule has 3 aromatic rings. The monoisotopic (exact) mass is 238 g/mol. The number of hydrogen-bond donors (Lipinski definition) is 1. The lowest BCUT2D eigenvalue weighted by molar-refractivity contribution is 0.618. The van der Waals surface area contributed by atoms with Gasteiger partial charge in [0.25, 0.3) is 0 Å². The first-order chi connectivity index (χ1) is 8.83. The van der Waals surface area contributed by atoms with E-state index >= 15 is 0 Å². The Morgan fingerprint density at radius 1 is 1.17 bits per heavy atom. The highest BCUT2D eigenvalue weighted by Gasteiger charge is 1.98. The van der Waals surface area contributed by atoms with Crippen LogP contribution >= 0.6 is 0 Å². The van der Waals surface area contributed by atoms with Crippen LogP contribution in [0.25, 0.3) is 11.0 Å². The van der Waals surface area contributed by atoms with Crippen LogP contribution in [0.5, 0.6) is 0 Å². The van der Waals surface area contributed by atoms with Crippen LogP contribution in [0.4, 0.5) is 4.39 Å². The molecule has 4 nitrogen and oxygen atoms in total. The van der Waals surface area contributed by atoms with Crippen molar-refractivity contribution in [2.75, 3.05) is 0 Å². The molecule has 3 aromatic heterocycles. The number of aromatic amines is 1. The van der Waals surface area contributed by atoms with Gasteiger partial charge in [0, 0.05) is 23.3 Å². The number of nitrogens with one attached hydrogen (secondary N) is 1. The third kappa shape index (κ3) is 1.92. The number of nitrogens with zero attached hydrogens (tertiary/aromatic N) is 3. The minimum atomic E-state index is -0.428. The average molecular weight is 238 g/mol. The Morgan fingerprint density at radius 2 is 2.11 bits per heavy atom. The van der Waals surface area contributed by atoms with Gasteiger partial charge in [-0.25, -0.2) is 9.37 Å². The van der Waals surface area contributed by atoms with Crippen LogP contribution in [0.15, 0.2) is 36.9 Å². The molecule has 0 spiro atoms. The average Bonchev–Trinajstić information content (AvgIpc) is 2.85. The summed E-state index contributed by atoms with van der Waals surface area (Å²) < 4.78 is 13.3. The highest BCUT2D eigenvalue weighted by atomic mass is 19.1. The second kappa shape index (κ2) is 4.26. The van der Waals surface area contributed by atoms with E-state index in [1.807, 2.05) is 6.07 Å². The van der Waals surface area contributed by atoms with E-state index in [1.54, 1.807) is 12.4 Å². The van der Waals surface area contributed by atoms with Gasteiger partial charge >= 0.3 is 0 Å². The molecule has 86 valence electrons. The standard InChI is InChI=1S/C13H7FN4/c14-12-8-15-4-3-10(12)2-1-9-5-11-7-17-18-13(11)16-6-9/h3-8H,(H,16,17,18). The molecule has 0 aliphatic carbocycles. The fraction of sp³-hybridized carbons (Fsp3) is 0. The van der Waals surface area contributed by atoms with Crippen molar-refractivity contribution in [1.82, 2.24) is 20.2 Å². The van der Waals surface area contributed by atoms with Gasteiger partial charge in [-0.15, -0.1) is 0 Å². The Hall–Kier alpha value is -2.74. The molecule has 18 heavy (non-hydrogen) atoms. The molecule has 1 N–H and O–H groups in total. The summed E-state index contributed by atoms with van der Waals surface area (Å²) in [6, 6.07) is 3.38. The summed E-state index contributed by atoms with van der Waals surface area (Å²) >= 11 is 0. The van der Waals surface area contributed by atoms with E-state index in [9.17, 15) is 4.39 Å². The Morgan fingerprint density at radius 3 is 3.00 bits per heavy atom. The summed E-state index contributed by atoms with van der Waals surface area (Å²) in [4.78, 5) is 7.82. The second-order valence-corrected chi connectivity index (χ2v) is 3.64. The molecule has 0 amide bonds. The van der Waals surface area contributed by atoms with E-state index in [2.05, 4.69) is 32.0 Å². The van der Waals surface area contributed by atoms with Crippen molar-refractivity contribution >= 4 is 11.0 Å². The zero-order chi connectivity index (χ0) is 12.4. The summed E-state index contributed by atoms with van der Waals surface area (Å²) in [5.41, 5.74) is 1.73. The van der Waals surface area contributed by atoms with Gasteiger partial charge in [-0.2, -0.15) is 5.10 Å². The molecule has 0 bridgehead atoms. The summed E-state index contributed by atoms with van der Waals surface area (Å²) in [5.74, 6) is 5.18. The fourth-order valence-corrected chi connectivity index (χ4v) is 1.52. The van der Waals surface area contributed by atoms with Crippen molar-refractivity contribution < 1.29 is 4.39 Å². The van der Waals surface area contributed by atoms with E-state index in [1.165, 1.54) is 12.3 Å². The van der Waals surface area contributed by atoms with Gasteiger partial charge in [0.1, 0.15) is 0 Å². The van der Waals surface area contributed by atoms with Gasteiger partial charge < -0.3 is 0 Å². The number of fused-ring (bicyclic) bond motifs is 1. The molecule has 0 unspecified atom stereocenters. The molecule has 0 atom stereocenters. The van der Waals surface area contributed by atoms with Gasteiger partial charge in [-0.05, 0) is 12.1 Å². The largest absolute Gasteiger partial charge is 0.262 e. The molecule has 0 saturated heterocycles. The number of halogens is 1. The zero-order valence-electron chi connectivity index (χ0n) is 9.18. The molecular weight excluding hydrogens is 231 g/mol. The van der Waals surface area contributed by atoms with Crippen LogP contribution in [-0.2, 0) is 0 Å². The minimum Gasteiger partial charge on any atom is -0.262 e. The Kier molecular flexibility index (Phi) is 2.47. The summed E-state index contributed by atoms with van der Waals surface area (Å²) in [6.07, 6.45) is 5.93. The van der Waals surface area contributed by atoms with Gasteiger partial charge in [0.2, 0.25) is 0 Å². The van der Waals surface area contributed by atoms with Gasteiger partial charge in [-0.1, -0.05) is 11.8 Å². The van der Waals surface area contributed by atoms with E-state index < -0.39 is 5.82 Å². The molecule has 0 radical (unpaired) electrons. The lowest BCUT2D eigenvalue weighted by atomic mass is 10.2. The molecule has 0 aliphatic rings. The predicted octanol–water partition coefficient (Wildman–Crippen LogP) is 1.89. The molecule has 0 fully saturated rings. The van der Waals surface area contributed by atoms with Crippen molar-refractivity contribution in [2.45, 2.75) is 0 Å². The first-order valence-electron chi connectivity index (χ1n) is 5.23. The summed E-state index contributed by atoms with van der Waals surface area (Å²) in [6.45, 7) is 0. The Bertz CT molecular complexity index is 767. The van der Waals surface area contributed by atoms with E-state index in [-0.39, 0.29) is 0 Å². The predicted molar refractivity (Wildman–Crippen MR) is 64.1 cm³/mol.